The van der Waals surface area contributed by atoms with Crippen LogP contribution in [0.2, 0.25) is 0 Å². The predicted octanol–water partition coefficient (Wildman–Crippen LogP) is 2.08. The second-order valence-corrected chi connectivity index (χ2v) is 7.89. The molecule has 0 unspecified atom stereocenters. The van der Waals surface area contributed by atoms with Crippen molar-refractivity contribution in [3.8, 4) is 5.75 Å². The molecule has 8 heteroatoms. The molecule has 3 N–H and O–H groups in total. The lowest BCUT2D eigenvalue weighted by molar-refractivity contribution is -0.129. The number of aliphatic hydroxyl groups is 1. The number of aromatic amines is 1. The maximum Gasteiger partial charge on any atom is 0.270 e. The Morgan fingerprint density at radius 1 is 1.12 bits per heavy atom. The fraction of sp³-hybridized carbons (Fsp3) is 0.280. The average molecular weight is 449 g/mol. The summed E-state index contributed by atoms with van der Waals surface area (Å²) >= 11 is 0. The first-order valence-corrected chi connectivity index (χ1v) is 10.9. The summed E-state index contributed by atoms with van der Waals surface area (Å²) in [5, 5.41) is 12.9. The lowest BCUT2D eigenvalue weighted by Crippen LogP contribution is -2.50. The molecule has 8 nitrogen and oxygen atoms in total. The summed E-state index contributed by atoms with van der Waals surface area (Å²) in [5.41, 5.74) is 2.37. The molecule has 0 bridgehead atoms. The highest BCUT2D eigenvalue weighted by Crippen LogP contribution is 2.25. The average Bonchev–Trinajstić information content (AvgIpc) is 3.26. The normalized spacial score (nSPS) is 15.0. The first-order valence-electron chi connectivity index (χ1n) is 10.9. The highest BCUT2D eigenvalue weighted by molar-refractivity contribution is 6.06. The first kappa shape index (κ1) is 22.6. The van der Waals surface area contributed by atoms with E-state index in [0.29, 0.717) is 44.0 Å². The smallest absolute Gasteiger partial charge is 0.270 e. The topological polar surface area (TPSA) is 97.9 Å². The number of nitrogens with one attached hydrogen (secondary N) is 2. The largest absolute Gasteiger partial charge is 0.497 e. The minimum Gasteiger partial charge on any atom is -0.497 e. The van der Waals surface area contributed by atoms with E-state index < -0.39 is 0 Å². The van der Waals surface area contributed by atoms with Crippen LogP contribution in [-0.2, 0) is 4.79 Å². The molecule has 0 radical (unpaired) electrons. The van der Waals surface area contributed by atoms with Crippen LogP contribution in [0.5, 0.6) is 5.75 Å². The molecule has 33 heavy (non-hydrogen) atoms. The molecule has 1 aromatic heterocycles. The number of rotatable bonds is 7. The number of fused-ring (bicyclic) bond motifs is 1. The second kappa shape index (κ2) is 10.3. The number of aromatic nitrogens is 1. The van der Waals surface area contributed by atoms with Crippen LogP contribution >= 0.6 is 0 Å². The van der Waals surface area contributed by atoms with Crippen LogP contribution in [0.1, 0.15) is 15.9 Å². The van der Waals surface area contributed by atoms with Crippen LogP contribution in [0.15, 0.2) is 60.4 Å². The van der Waals surface area contributed by atoms with Gasteiger partial charge in [0.15, 0.2) is 0 Å². The fourth-order valence-electron chi connectivity index (χ4n) is 3.94. The summed E-state index contributed by atoms with van der Waals surface area (Å²) in [4.78, 5) is 33.4. The molecule has 2 aromatic carbocycles. The number of piperazine rings is 1. The Kier molecular flexibility index (Phi) is 7.07. The molecule has 1 fully saturated rings. The number of methoxy groups -OCH3 is 1. The van der Waals surface area contributed by atoms with Gasteiger partial charge in [0.1, 0.15) is 11.4 Å². The van der Waals surface area contributed by atoms with Gasteiger partial charge in [-0.25, -0.2) is 0 Å². The third-order valence-electron chi connectivity index (χ3n) is 5.81. The number of hydrogen-bond acceptors (Lipinski definition) is 5. The SMILES string of the molecule is COc1ccc2[nH]cc(/C=C(/NC(=O)c3ccccc3)C(=O)N3CCN(CCO)CC3)c2c1. The Hall–Kier alpha value is -3.62. The van der Waals surface area contributed by atoms with Crippen molar-refractivity contribution in [3.63, 3.8) is 0 Å². The number of benzene rings is 2. The Morgan fingerprint density at radius 3 is 2.58 bits per heavy atom. The molecule has 1 aliphatic heterocycles. The third kappa shape index (κ3) is 5.24. The first-order chi connectivity index (χ1) is 16.1. The Bertz CT molecular complexity index is 1150. The van der Waals surface area contributed by atoms with Crippen molar-refractivity contribution in [2.45, 2.75) is 0 Å². The van der Waals surface area contributed by atoms with Crippen LogP contribution < -0.4 is 10.1 Å². The van der Waals surface area contributed by atoms with Crippen LogP contribution in [0.3, 0.4) is 0 Å². The van der Waals surface area contributed by atoms with Gasteiger partial charge >= 0.3 is 0 Å². The van der Waals surface area contributed by atoms with E-state index in [-0.39, 0.29) is 24.1 Å². The van der Waals surface area contributed by atoms with E-state index in [9.17, 15) is 9.59 Å². The van der Waals surface area contributed by atoms with Gasteiger partial charge in [0, 0.05) is 61.0 Å². The molecule has 0 spiro atoms. The summed E-state index contributed by atoms with van der Waals surface area (Å²) in [5.74, 6) is 0.129. The third-order valence-corrected chi connectivity index (χ3v) is 5.81. The van der Waals surface area contributed by atoms with Gasteiger partial charge in [-0.15, -0.1) is 0 Å². The second-order valence-electron chi connectivity index (χ2n) is 7.89. The minimum atomic E-state index is -0.341. The molecule has 1 aliphatic rings. The van der Waals surface area contributed by atoms with E-state index >= 15 is 0 Å². The van der Waals surface area contributed by atoms with Crippen LogP contribution in [-0.4, -0.2) is 78.1 Å². The van der Waals surface area contributed by atoms with Crippen molar-refractivity contribution in [2.75, 3.05) is 46.4 Å². The Labute approximate surface area is 192 Å². The van der Waals surface area contributed by atoms with Gasteiger partial charge in [-0.2, -0.15) is 0 Å². The number of carbonyl (C=O) groups is 2. The van der Waals surface area contributed by atoms with E-state index in [0.717, 1.165) is 16.5 Å². The molecule has 0 atom stereocenters. The van der Waals surface area contributed by atoms with Crippen molar-refractivity contribution >= 4 is 28.8 Å². The quantitative estimate of drug-likeness (QED) is 0.481. The van der Waals surface area contributed by atoms with Gasteiger partial charge in [-0.1, -0.05) is 18.2 Å². The van der Waals surface area contributed by atoms with E-state index in [4.69, 9.17) is 9.84 Å². The zero-order chi connectivity index (χ0) is 23.2. The highest BCUT2D eigenvalue weighted by atomic mass is 16.5. The van der Waals surface area contributed by atoms with E-state index in [1.165, 1.54) is 0 Å². The zero-order valence-corrected chi connectivity index (χ0v) is 18.6. The molecule has 3 aromatic rings. The van der Waals surface area contributed by atoms with E-state index in [1.54, 1.807) is 42.4 Å². The molecule has 2 amide bonds. The van der Waals surface area contributed by atoms with Gasteiger partial charge in [0.2, 0.25) is 0 Å². The van der Waals surface area contributed by atoms with Crippen LogP contribution in [0.25, 0.3) is 17.0 Å². The minimum absolute atomic E-state index is 0.0935. The zero-order valence-electron chi connectivity index (χ0n) is 18.6. The van der Waals surface area contributed by atoms with Gasteiger partial charge in [0.05, 0.1) is 13.7 Å². The highest BCUT2D eigenvalue weighted by Gasteiger charge is 2.25. The molecular weight excluding hydrogens is 420 g/mol. The molecule has 0 saturated carbocycles. The van der Waals surface area contributed by atoms with Crippen LogP contribution in [0, 0.1) is 0 Å². The number of H-pyrrole nitrogens is 1. The summed E-state index contributed by atoms with van der Waals surface area (Å²) in [7, 11) is 1.61. The van der Waals surface area contributed by atoms with Gasteiger partial charge in [-0.05, 0) is 36.4 Å². The van der Waals surface area contributed by atoms with E-state index in [1.807, 2.05) is 30.5 Å². The number of amides is 2. The maximum absolute atomic E-state index is 13.5. The summed E-state index contributed by atoms with van der Waals surface area (Å²) in [6, 6.07) is 14.5. The van der Waals surface area contributed by atoms with Crippen LogP contribution in [0.4, 0.5) is 0 Å². The predicted molar refractivity (Wildman–Crippen MR) is 127 cm³/mol. The fourth-order valence-corrected chi connectivity index (χ4v) is 3.94. The van der Waals surface area contributed by atoms with Gasteiger partial charge in [-0.3, -0.25) is 14.5 Å². The monoisotopic (exact) mass is 448 g/mol. The number of nitrogens with zero attached hydrogens (tertiary/aromatic N) is 2. The summed E-state index contributed by atoms with van der Waals surface area (Å²) in [6.07, 6.45) is 3.52. The Morgan fingerprint density at radius 2 is 1.88 bits per heavy atom. The lowest BCUT2D eigenvalue weighted by atomic mass is 10.1. The maximum atomic E-state index is 13.5. The van der Waals surface area contributed by atoms with E-state index in [2.05, 4.69) is 15.2 Å². The summed E-state index contributed by atoms with van der Waals surface area (Å²) in [6.45, 7) is 3.09. The van der Waals surface area contributed by atoms with Crippen molar-refractivity contribution in [1.29, 1.82) is 0 Å². The number of β-amino-alcohol motifs (C(OH)–C–C–N with tert-alkyl or cyclic N) is 1. The van der Waals surface area contributed by atoms with Gasteiger partial charge in [0.25, 0.3) is 11.8 Å². The molecular formula is C25H28N4O4. The van der Waals surface area contributed by atoms with Crippen molar-refractivity contribution < 1.29 is 19.4 Å². The Balaban J connectivity index is 1.64. The van der Waals surface area contributed by atoms with Crippen molar-refractivity contribution in [1.82, 2.24) is 20.1 Å². The molecule has 172 valence electrons. The lowest BCUT2D eigenvalue weighted by Gasteiger charge is -2.34. The number of ether oxygens (including phenoxy) is 1. The molecule has 1 saturated heterocycles. The number of carbonyl (C=O) groups excluding carboxylic acids is 2. The molecule has 2 heterocycles. The molecule has 0 aliphatic carbocycles. The standard InChI is InChI=1S/C25H28N4O4/c1-33-20-7-8-22-21(16-20)19(17-26-22)15-23(27-24(31)18-5-3-2-4-6-18)25(32)29-11-9-28(10-12-29)13-14-30/h2-8,15-17,26,30H,9-14H2,1H3,(H,27,31)/b23-15+. The molecule has 4 rings (SSSR count). The van der Waals surface area contributed by atoms with Crippen molar-refractivity contribution in [3.05, 3.63) is 71.6 Å². The number of hydrogen-bond donors (Lipinski definition) is 3. The number of aliphatic hydroxyl groups excluding tert-OH is 1. The van der Waals surface area contributed by atoms with Crippen molar-refractivity contribution in [2.24, 2.45) is 0 Å². The summed E-state index contributed by atoms with van der Waals surface area (Å²) < 4.78 is 5.34. The van der Waals surface area contributed by atoms with Gasteiger partial charge < -0.3 is 25.0 Å².